The second-order valence-corrected chi connectivity index (χ2v) is 18.0. The molecule has 3 aromatic rings. The second-order valence-electron chi connectivity index (χ2n) is 14.9. The van der Waals surface area contributed by atoms with Crippen molar-refractivity contribution in [2.75, 3.05) is 38.0 Å². The average molecular weight is 907 g/mol. The number of hydrogen-bond acceptors (Lipinski definition) is 13. The standard InChI is InChI=1S/C39H52N2O12S2.C2H5O.K.H2O/c1-5-7-18-39(6-2)24-54(46,47)31-17-16-28(41(3)4)21-29(31)33(37(39)45)27-15-11-14-26(19-27)20-32(42)40-38-35(44)36(51-22-25-12-9-8-10-13-25)34(43)30(53-38)23-52-55(48,49)50;1-2-3;;/h8-17,19,21,30,33-38,43-45H,5-7,18,20,22-24H2,1-4H3,(H,40,42)(H,48,49,50);2H2,1H3;;1H2/q;-1;+1;/t30-,33-,34-,35-,36+,37-,38-,39-;;;/m1.../s1. The van der Waals surface area contributed by atoms with E-state index in [1.54, 1.807) is 73.7 Å². The quantitative estimate of drug-likeness (QED) is 0.0876. The molecule has 60 heavy (non-hydrogen) atoms. The molecule has 2 aliphatic heterocycles. The van der Waals surface area contributed by atoms with Gasteiger partial charge in [-0.15, -0.1) is 6.61 Å². The third-order valence-corrected chi connectivity index (χ3v) is 13.1. The topological polar surface area (TPSA) is 264 Å². The van der Waals surface area contributed by atoms with Crippen LogP contribution in [0.5, 0.6) is 0 Å². The van der Waals surface area contributed by atoms with Gasteiger partial charge in [0.25, 0.3) is 0 Å². The Morgan fingerprint density at radius 3 is 2.23 bits per heavy atom. The summed E-state index contributed by atoms with van der Waals surface area (Å²) in [4.78, 5) is 15.6. The Labute approximate surface area is 396 Å². The summed E-state index contributed by atoms with van der Waals surface area (Å²) in [6.45, 7) is 4.63. The predicted molar refractivity (Wildman–Crippen MR) is 219 cm³/mol. The average Bonchev–Trinajstić information content (AvgIpc) is 3.24. The van der Waals surface area contributed by atoms with Gasteiger partial charge in [0.05, 0.1) is 36.4 Å². The van der Waals surface area contributed by atoms with Crippen molar-refractivity contribution in [1.82, 2.24) is 5.32 Å². The van der Waals surface area contributed by atoms with Crippen LogP contribution in [0.1, 0.15) is 74.6 Å². The van der Waals surface area contributed by atoms with E-state index in [1.807, 2.05) is 38.9 Å². The normalized spacial score (nSPS) is 25.8. The number of unbranched alkanes of at least 4 members (excludes halogenated alkanes) is 1. The SMILES string of the molecule is CCCC[C@]1(CC)CS(=O)(=O)c2ccc(N(C)C)cc2[C@@H](c2cccc(CC(=O)N[C@@H]3O[C@H](COS(=O)(=O)O)[C@@H](O)[C@H](OCc4ccccc4)[C@H]3O)c2)[C@H]1O.CC[O-].O.[K+]. The van der Waals surface area contributed by atoms with E-state index < -0.39 is 80.8 Å². The first-order valence-corrected chi connectivity index (χ1v) is 22.4. The van der Waals surface area contributed by atoms with E-state index in [2.05, 4.69) is 9.50 Å². The van der Waals surface area contributed by atoms with Crippen molar-refractivity contribution in [2.45, 2.75) is 107 Å². The van der Waals surface area contributed by atoms with Crippen LogP contribution in [0.2, 0.25) is 0 Å². The molecule has 0 saturated carbocycles. The molecule has 0 unspecified atom stereocenters. The Bertz CT molecular complexity index is 2030. The molecule has 0 spiro atoms. The number of amides is 1. The van der Waals surface area contributed by atoms with Crippen LogP contribution >= 0.6 is 0 Å². The largest absolute Gasteiger partial charge is 1.00 e. The molecule has 8 atom stereocenters. The number of nitrogens with one attached hydrogen (secondary N) is 1. The van der Waals surface area contributed by atoms with Crippen molar-refractivity contribution in [3.63, 3.8) is 0 Å². The first kappa shape index (κ1) is 54.2. The van der Waals surface area contributed by atoms with E-state index in [-0.39, 0.29) is 87.1 Å². The maximum atomic E-state index is 14.0. The number of fused-ring (bicyclic) bond motifs is 1. The monoisotopic (exact) mass is 906 g/mol. The number of anilines is 1. The Morgan fingerprint density at radius 2 is 1.63 bits per heavy atom. The number of ether oxygens (including phenoxy) is 2. The summed E-state index contributed by atoms with van der Waals surface area (Å²) < 4.78 is 75.9. The van der Waals surface area contributed by atoms with Crippen LogP contribution in [0.25, 0.3) is 0 Å². The number of carbonyl (C=O) groups is 1. The van der Waals surface area contributed by atoms with Gasteiger partial charge in [0.15, 0.2) is 16.1 Å². The maximum Gasteiger partial charge on any atom is 1.00 e. The summed E-state index contributed by atoms with van der Waals surface area (Å²) in [5.41, 5.74) is 2.17. The van der Waals surface area contributed by atoms with E-state index in [4.69, 9.17) is 19.1 Å². The summed E-state index contributed by atoms with van der Waals surface area (Å²) in [7, 11) is -5.02. The van der Waals surface area contributed by atoms with Gasteiger partial charge in [-0.25, -0.2) is 12.6 Å². The summed E-state index contributed by atoms with van der Waals surface area (Å²) in [6, 6.07) is 21.1. The first-order valence-electron chi connectivity index (χ1n) is 19.4. The van der Waals surface area contributed by atoms with Crippen LogP contribution in [0, 0.1) is 5.41 Å². The molecule has 0 aromatic heterocycles. The molecule has 1 amide bonds. The van der Waals surface area contributed by atoms with Gasteiger partial charge in [0, 0.05) is 31.1 Å². The minimum absolute atomic E-state index is 0. The zero-order chi connectivity index (χ0) is 42.8. The molecule has 0 bridgehead atoms. The summed E-state index contributed by atoms with van der Waals surface area (Å²) in [5, 5.41) is 46.1. The fraction of sp³-hybridized carbons (Fsp3) is 0.537. The number of carbonyl (C=O) groups excluding carboxylic acids is 1. The second kappa shape index (κ2) is 24.2. The van der Waals surface area contributed by atoms with E-state index in [0.717, 1.165) is 24.1 Å². The smallest absolute Gasteiger partial charge is 0.855 e. The number of benzene rings is 3. The third kappa shape index (κ3) is 14.1. The minimum Gasteiger partial charge on any atom is -0.855 e. The van der Waals surface area contributed by atoms with Gasteiger partial charge in [-0.05, 0) is 53.3 Å². The van der Waals surface area contributed by atoms with E-state index in [0.29, 0.717) is 29.5 Å². The van der Waals surface area contributed by atoms with Crippen LogP contribution < -0.4 is 66.7 Å². The predicted octanol–water partition coefficient (Wildman–Crippen LogP) is -1.32. The third-order valence-electron chi connectivity index (χ3n) is 10.7. The molecule has 1 saturated heterocycles. The molecule has 5 rings (SSSR count). The van der Waals surface area contributed by atoms with Gasteiger partial charge in [0.1, 0.15) is 24.4 Å². The molecule has 330 valence electrons. The van der Waals surface area contributed by atoms with Crippen LogP contribution in [0.15, 0.2) is 77.7 Å². The first-order chi connectivity index (χ1) is 27.4. The molecule has 19 heteroatoms. The van der Waals surface area contributed by atoms with E-state index in [9.17, 15) is 36.9 Å². The Hall–Kier alpha value is -1.89. The number of aliphatic hydroxyl groups excluding tert-OH is 3. The van der Waals surface area contributed by atoms with Gasteiger partial charge in [0.2, 0.25) is 5.91 Å². The van der Waals surface area contributed by atoms with Crippen molar-refractivity contribution in [2.24, 2.45) is 5.41 Å². The molecule has 3 aromatic carbocycles. The molecule has 16 nitrogen and oxygen atoms in total. The fourth-order valence-corrected chi connectivity index (χ4v) is 10.2. The van der Waals surface area contributed by atoms with Gasteiger partial charge in [-0.3, -0.25) is 9.35 Å². The van der Waals surface area contributed by atoms with Gasteiger partial charge in [-0.2, -0.15) is 8.42 Å². The number of sulfone groups is 1. The number of hydrogen-bond donors (Lipinski definition) is 5. The molecular formula is C41H59KN2O14S2. The minimum atomic E-state index is -4.92. The number of nitrogens with zero attached hydrogens (tertiary/aromatic N) is 1. The summed E-state index contributed by atoms with van der Waals surface area (Å²) in [5.74, 6) is -1.56. The maximum absolute atomic E-state index is 14.0. The number of rotatable bonds is 15. The van der Waals surface area contributed by atoms with Crippen molar-refractivity contribution in [1.29, 1.82) is 0 Å². The summed E-state index contributed by atoms with van der Waals surface area (Å²) in [6.07, 6.45) is -6.29. The van der Waals surface area contributed by atoms with Gasteiger partial charge in [-0.1, -0.05) is 88.2 Å². The van der Waals surface area contributed by atoms with Crippen molar-refractivity contribution < 1.29 is 117 Å². The van der Waals surface area contributed by atoms with Gasteiger partial charge < -0.3 is 45.6 Å². The molecule has 2 aliphatic rings. The van der Waals surface area contributed by atoms with Crippen LogP contribution in [-0.2, 0) is 51.7 Å². The van der Waals surface area contributed by atoms with Crippen LogP contribution in [0.3, 0.4) is 0 Å². The number of aliphatic hydroxyl groups is 3. The van der Waals surface area contributed by atoms with Crippen molar-refractivity contribution >= 4 is 31.8 Å². The molecule has 0 radical (unpaired) electrons. The molecule has 2 heterocycles. The van der Waals surface area contributed by atoms with E-state index >= 15 is 0 Å². The summed E-state index contributed by atoms with van der Waals surface area (Å²) >= 11 is 0. The zero-order valence-corrected chi connectivity index (χ0v) is 39.8. The molecule has 0 aliphatic carbocycles. The van der Waals surface area contributed by atoms with Crippen LogP contribution in [0.4, 0.5) is 5.69 Å². The Balaban J connectivity index is 0.00000241. The zero-order valence-electron chi connectivity index (χ0n) is 35.1. The van der Waals surface area contributed by atoms with E-state index in [1.165, 1.54) is 0 Å². The van der Waals surface area contributed by atoms with Gasteiger partial charge >= 0.3 is 61.8 Å². The molecule has 7 N–H and O–H groups in total. The van der Waals surface area contributed by atoms with Crippen molar-refractivity contribution in [3.05, 3.63) is 95.1 Å². The fourth-order valence-electron chi connectivity index (χ4n) is 7.61. The Morgan fingerprint density at radius 1 is 0.983 bits per heavy atom. The van der Waals surface area contributed by atoms with Crippen molar-refractivity contribution in [3.8, 4) is 0 Å². The molecular weight excluding hydrogens is 848 g/mol. The van der Waals surface area contributed by atoms with Crippen LogP contribution in [-0.4, -0.2) is 118 Å². The molecule has 1 fully saturated rings. The Kier molecular flexibility index (Phi) is 21.9.